The molecule has 0 aromatic heterocycles. The minimum absolute atomic E-state index is 0.329. The van der Waals surface area contributed by atoms with Gasteiger partial charge in [0.25, 0.3) is 0 Å². The van der Waals surface area contributed by atoms with E-state index in [0.717, 1.165) is 5.56 Å². The van der Waals surface area contributed by atoms with Gasteiger partial charge in [-0.15, -0.1) is 0 Å². The first-order valence-corrected chi connectivity index (χ1v) is 10.2. The predicted molar refractivity (Wildman–Crippen MR) is 111 cm³/mol. The van der Waals surface area contributed by atoms with Crippen LogP contribution in [0.1, 0.15) is 78.1 Å². The monoisotopic (exact) mass is 360 g/mol. The molecule has 2 nitrogen and oxygen atoms in total. The van der Waals surface area contributed by atoms with Gasteiger partial charge in [0.05, 0.1) is 5.56 Å². The number of allylic oxidation sites excluding steroid dienone is 1. The highest BCUT2D eigenvalue weighted by Gasteiger charge is 2.34. The normalized spacial score (nSPS) is 18.9. The Labute approximate surface area is 161 Å². The second-order valence-corrected chi connectivity index (χ2v) is 8.45. The molecule has 0 heterocycles. The lowest BCUT2D eigenvalue weighted by atomic mass is 9.79. The van der Waals surface area contributed by atoms with Crippen LogP contribution in [0.5, 0.6) is 0 Å². The molecule has 4 rings (SSSR count). The van der Waals surface area contributed by atoms with E-state index in [1.165, 1.54) is 68.1 Å². The summed E-state index contributed by atoms with van der Waals surface area (Å²) in [6.07, 6.45) is 13.0. The van der Waals surface area contributed by atoms with Crippen LogP contribution in [0.15, 0.2) is 42.5 Å². The molecule has 2 aliphatic rings. The number of rotatable bonds is 3. The van der Waals surface area contributed by atoms with Gasteiger partial charge >= 0.3 is 5.97 Å². The highest BCUT2D eigenvalue weighted by atomic mass is 16.4. The zero-order chi connectivity index (χ0) is 18.9. The van der Waals surface area contributed by atoms with Gasteiger partial charge in [0, 0.05) is 0 Å². The lowest BCUT2D eigenvalue weighted by Gasteiger charge is -2.26. The van der Waals surface area contributed by atoms with Crippen LogP contribution < -0.4 is 0 Å². The fourth-order valence-corrected chi connectivity index (χ4v) is 4.95. The van der Waals surface area contributed by atoms with Crippen molar-refractivity contribution >= 4 is 17.6 Å². The number of aromatic carboxylic acids is 1. The molecule has 0 radical (unpaired) electrons. The van der Waals surface area contributed by atoms with E-state index in [1.54, 1.807) is 17.7 Å². The SMILES string of the molecule is C/C(=C\c1ccc(C(=O)O)cc1)c1ccc2c(c1)CCC1(CCCC1)CC2. The first-order chi connectivity index (χ1) is 13.0. The molecule has 2 aromatic rings. The molecule has 2 aromatic carbocycles. The van der Waals surface area contributed by atoms with Crippen molar-refractivity contribution < 1.29 is 9.90 Å². The Morgan fingerprint density at radius 3 is 2.19 bits per heavy atom. The summed E-state index contributed by atoms with van der Waals surface area (Å²) in [5.74, 6) is -0.881. The third-order valence-corrected chi connectivity index (χ3v) is 6.72. The molecule has 0 aliphatic heterocycles. The summed E-state index contributed by atoms with van der Waals surface area (Å²) in [6, 6.07) is 14.1. The fraction of sp³-hybridized carbons (Fsp3) is 0.400. The van der Waals surface area contributed by atoms with Crippen LogP contribution in [0, 0.1) is 5.41 Å². The predicted octanol–water partition coefficient (Wildman–Crippen LogP) is 6.38. The molecule has 2 aliphatic carbocycles. The molecular weight excluding hydrogens is 332 g/mol. The van der Waals surface area contributed by atoms with Crippen LogP contribution in [-0.4, -0.2) is 11.1 Å². The Balaban J connectivity index is 1.55. The number of carbonyl (C=O) groups is 1. The largest absolute Gasteiger partial charge is 0.478 e. The fourth-order valence-electron chi connectivity index (χ4n) is 4.95. The number of hydrogen-bond acceptors (Lipinski definition) is 1. The van der Waals surface area contributed by atoms with Crippen molar-refractivity contribution in [3.8, 4) is 0 Å². The lowest BCUT2D eigenvalue weighted by molar-refractivity contribution is 0.0697. The Morgan fingerprint density at radius 2 is 1.52 bits per heavy atom. The summed E-state index contributed by atoms with van der Waals surface area (Å²) >= 11 is 0. The summed E-state index contributed by atoms with van der Waals surface area (Å²) in [4.78, 5) is 11.0. The van der Waals surface area contributed by atoms with Crippen LogP contribution in [0.4, 0.5) is 0 Å². The maximum atomic E-state index is 11.0. The minimum Gasteiger partial charge on any atom is -0.478 e. The van der Waals surface area contributed by atoms with Gasteiger partial charge in [-0.1, -0.05) is 49.2 Å². The smallest absolute Gasteiger partial charge is 0.335 e. The number of benzene rings is 2. The molecule has 2 heteroatoms. The van der Waals surface area contributed by atoms with Gasteiger partial charge in [0.1, 0.15) is 0 Å². The van der Waals surface area contributed by atoms with E-state index >= 15 is 0 Å². The topological polar surface area (TPSA) is 37.3 Å². The highest BCUT2D eigenvalue weighted by molar-refractivity contribution is 5.88. The molecule has 0 amide bonds. The molecule has 1 N–H and O–H groups in total. The standard InChI is InChI=1S/C25H28O2/c1-18(16-19-4-6-21(7-5-19)24(26)27)22-9-8-20-10-14-25(12-2-3-13-25)15-11-23(20)17-22/h4-9,16-17H,2-3,10-15H2,1H3,(H,26,27)/b18-16+. The average Bonchev–Trinajstić information content (AvgIpc) is 3.06. The Bertz CT molecular complexity index is 868. The summed E-state index contributed by atoms with van der Waals surface area (Å²) in [5.41, 5.74) is 7.56. The zero-order valence-corrected chi connectivity index (χ0v) is 16.1. The second-order valence-electron chi connectivity index (χ2n) is 8.45. The van der Waals surface area contributed by atoms with Crippen molar-refractivity contribution in [3.63, 3.8) is 0 Å². The van der Waals surface area contributed by atoms with Crippen molar-refractivity contribution in [3.05, 3.63) is 70.3 Å². The number of aryl methyl sites for hydroxylation is 2. The van der Waals surface area contributed by atoms with Crippen LogP contribution in [0.3, 0.4) is 0 Å². The molecule has 1 spiro atoms. The molecule has 27 heavy (non-hydrogen) atoms. The van der Waals surface area contributed by atoms with Gasteiger partial charge in [-0.05, 0) is 90.8 Å². The van der Waals surface area contributed by atoms with Crippen LogP contribution in [0.25, 0.3) is 11.6 Å². The van der Waals surface area contributed by atoms with Crippen LogP contribution >= 0.6 is 0 Å². The summed E-state index contributed by atoms with van der Waals surface area (Å²) in [7, 11) is 0. The summed E-state index contributed by atoms with van der Waals surface area (Å²) in [5, 5.41) is 9.03. The Kier molecular flexibility index (Phi) is 4.90. The van der Waals surface area contributed by atoms with Gasteiger partial charge in [0.15, 0.2) is 0 Å². The first kappa shape index (κ1) is 18.0. The maximum Gasteiger partial charge on any atom is 0.335 e. The first-order valence-electron chi connectivity index (χ1n) is 10.2. The van der Waals surface area contributed by atoms with Crippen molar-refractivity contribution in [2.75, 3.05) is 0 Å². The molecule has 1 saturated carbocycles. The van der Waals surface area contributed by atoms with Crippen molar-refractivity contribution in [2.24, 2.45) is 5.41 Å². The van der Waals surface area contributed by atoms with Gasteiger partial charge in [-0.3, -0.25) is 0 Å². The molecular formula is C25H28O2. The van der Waals surface area contributed by atoms with Gasteiger partial charge in [-0.25, -0.2) is 4.79 Å². The van der Waals surface area contributed by atoms with E-state index in [2.05, 4.69) is 31.2 Å². The zero-order valence-electron chi connectivity index (χ0n) is 16.1. The third-order valence-electron chi connectivity index (χ3n) is 6.72. The van der Waals surface area contributed by atoms with Crippen LogP contribution in [0.2, 0.25) is 0 Å². The van der Waals surface area contributed by atoms with E-state index in [-0.39, 0.29) is 0 Å². The number of carboxylic acids is 1. The van der Waals surface area contributed by atoms with Crippen molar-refractivity contribution in [1.82, 2.24) is 0 Å². The van der Waals surface area contributed by atoms with E-state index in [4.69, 9.17) is 5.11 Å². The molecule has 0 unspecified atom stereocenters. The quantitative estimate of drug-likeness (QED) is 0.644. The lowest BCUT2D eigenvalue weighted by Crippen LogP contribution is -2.16. The van der Waals surface area contributed by atoms with E-state index in [1.807, 2.05) is 12.1 Å². The Morgan fingerprint density at radius 1 is 0.889 bits per heavy atom. The number of fused-ring (bicyclic) bond motifs is 1. The number of hydrogen-bond donors (Lipinski definition) is 1. The average molecular weight is 360 g/mol. The third kappa shape index (κ3) is 3.85. The summed E-state index contributed by atoms with van der Waals surface area (Å²) < 4.78 is 0. The molecule has 140 valence electrons. The molecule has 0 saturated heterocycles. The van der Waals surface area contributed by atoms with Gasteiger partial charge < -0.3 is 5.11 Å². The van der Waals surface area contributed by atoms with Gasteiger partial charge in [-0.2, -0.15) is 0 Å². The van der Waals surface area contributed by atoms with Crippen LogP contribution in [-0.2, 0) is 12.8 Å². The highest BCUT2D eigenvalue weighted by Crippen LogP contribution is 2.47. The maximum absolute atomic E-state index is 11.0. The van der Waals surface area contributed by atoms with E-state index in [9.17, 15) is 4.79 Å². The van der Waals surface area contributed by atoms with Gasteiger partial charge in [0.2, 0.25) is 0 Å². The molecule has 0 atom stereocenters. The molecule has 0 bridgehead atoms. The summed E-state index contributed by atoms with van der Waals surface area (Å²) in [6.45, 7) is 2.14. The van der Waals surface area contributed by atoms with E-state index in [0.29, 0.717) is 11.0 Å². The Hall–Kier alpha value is -2.35. The minimum atomic E-state index is -0.881. The van der Waals surface area contributed by atoms with Crippen molar-refractivity contribution in [1.29, 1.82) is 0 Å². The second kappa shape index (κ2) is 7.34. The van der Waals surface area contributed by atoms with Crippen molar-refractivity contribution in [2.45, 2.75) is 58.3 Å². The number of carboxylic acid groups (broad SMARTS) is 1. The molecule has 1 fully saturated rings. The van der Waals surface area contributed by atoms with E-state index < -0.39 is 5.97 Å².